The Hall–Kier alpha value is -2.67. The van der Waals surface area contributed by atoms with Gasteiger partial charge in [0.2, 0.25) is 0 Å². The monoisotopic (exact) mass is 425 g/mol. The highest BCUT2D eigenvalue weighted by Crippen LogP contribution is 2.24. The first-order chi connectivity index (χ1) is 14.6. The minimum absolute atomic E-state index is 0.0705. The summed E-state index contributed by atoms with van der Waals surface area (Å²) >= 11 is 5.93. The fraction of sp³-hybridized carbons (Fsp3) is 0.304. The van der Waals surface area contributed by atoms with Gasteiger partial charge in [0, 0.05) is 36.3 Å². The average molecular weight is 426 g/mol. The number of carbonyl (C=O) groups excluding carboxylic acids is 1. The van der Waals surface area contributed by atoms with Crippen LogP contribution in [0.15, 0.2) is 59.1 Å². The molecule has 1 saturated heterocycles. The molecule has 4 rings (SSSR count). The lowest BCUT2D eigenvalue weighted by atomic mass is 10.0. The first-order valence-corrected chi connectivity index (χ1v) is 10.4. The number of nitrogens with one attached hydrogen (secondary N) is 1. The van der Waals surface area contributed by atoms with E-state index in [0.717, 1.165) is 18.7 Å². The standard InChI is InChI=1S/C23H24ClN3O3/c1-16-2-4-17(5-3-16)21(27-10-12-29-13-11-27)15-25-23(28)20-14-22(30-26-20)18-6-8-19(24)9-7-18/h2-9,14,21H,10-13,15H2,1H3,(H,25,28). The number of morpholine rings is 1. The molecule has 6 nitrogen and oxygen atoms in total. The van der Waals surface area contributed by atoms with Crippen LogP contribution in [-0.4, -0.2) is 48.8 Å². The highest BCUT2D eigenvalue weighted by molar-refractivity contribution is 6.30. The lowest BCUT2D eigenvalue weighted by Gasteiger charge is -2.35. The van der Waals surface area contributed by atoms with E-state index in [9.17, 15) is 4.79 Å². The lowest BCUT2D eigenvalue weighted by Crippen LogP contribution is -2.43. The summed E-state index contributed by atoms with van der Waals surface area (Å²) in [7, 11) is 0. The molecular formula is C23H24ClN3O3. The molecule has 0 spiro atoms. The number of amides is 1. The zero-order valence-electron chi connectivity index (χ0n) is 16.8. The molecule has 1 aromatic heterocycles. The van der Waals surface area contributed by atoms with Crippen molar-refractivity contribution in [1.29, 1.82) is 0 Å². The first-order valence-electron chi connectivity index (χ1n) is 9.99. The summed E-state index contributed by atoms with van der Waals surface area (Å²) in [6.07, 6.45) is 0. The summed E-state index contributed by atoms with van der Waals surface area (Å²) < 4.78 is 10.8. The van der Waals surface area contributed by atoms with Crippen LogP contribution in [0.1, 0.15) is 27.7 Å². The Bertz CT molecular complexity index is 980. The second-order valence-electron chi connectivity index (χ2n) is 7.37. The van der Waals surface area contributed by atoms with Crippen LogP contribution in [0.2, 0.25) is 5.02 Å². The largest absolute Gasteiger partial charge is 0.379 e. The summed E-state index contributed by atoms with van der Waals surface area (Å²) in [5.74, 6) is 0.268. The van der Waals surface area contributed by atoms with E-state index < -0.39 is 0 Å². The number of hydrogen-bond donors (Lipinski definition) is 1. The number of aryl methyl sites for hydroxylation is 1. The van der Waals surface area contributed by atoms with Crippen molar-refractivity contribution in [2.45, 2.75) is 13.0 Å². The van der Waals surface area contributed by atoms with Gasteiger partial charge in [-0.05, 0) is 36.8 Å². The van der Waals surface area contributed by atoms with Crippen LogP contribution in [0.25, 0.3) is 11.3 Å². The second-order valence-corrected chi connectivity index (χ2v) is 7.80. The van der Waals surface area contributed by atoms with E-state index in [2.05, 4.69) is 46.6 Å². The third-order valence-electron chi connectivity index (χ3n) is 5.28. The Morgan fingerprint density at radius 2 is 1.83 bits per heavy atom. The lowest BCUT2D eigenvalue weighted by molar-refractivity contribution is 0.0162. The molecular weight excluding hydrogens is 402 g/mol. The molecule has 0 aliphatic carbocycles. The predicted molar refractivity (Wildman–Crippen MR) is 116 cm³/mol. The smallest absolute Gasteiger partial charge is 0.273 e. The molecule has 1 aliphatic heterocycles. The number of nitrogens with zero attached hydrogens (tertiary/aromatic N) is 2. The summed E-state index contributed by atoms with van der Waals surface area (Å²) in [5.41, 5.74) is 3.45. The number of aromatic nitrogens is 1. The highest BCUT2D eigenvalue weighted by atomic mass is 35.5. The Morgan fingerprint density at radius 3 is 2.53 bits per heavy atom. The molecule has 0 bridgehead atoms. The van der Waals surface area contributed by atoms with Crippen LogP contribution in [0.3, 0.4) is 0 Å². The molecule has 30 heavy (non-hydrogen) atoms. The van der Waals surface area contributed by atoms with Crippen molar-refractivity contribution in [3.8, 4) is 11.3 Å². The molecule has 3 aromatic rings. The second kappa shape index (κ2) is 9.43. The molecule has 7 heteroatoms. The Morgan fingerprint density at radius 1 is 1.13 bits per heavy atom. The van der Waals surface area contributed by atoms with E-state index in [-0.39, 0.29) is 17.6 Å². The molecule has 1 aliphatic rings. The fourth-order valence-corrected chi connectivity index (χ4v) is 3.67. The number of rotatable bonds is 6. The number of hydrogen-bond acceptors (Lipinski definition) is 5. The molecule has 1 atom stereocenters. The van der Waals surface area contributed by atoms with Gasteiger partial charge in [0.1, 0.15) is 0 Å². The minimum atomic E-state index is -0.260. The van der Waals surface area contributed by atoms with Crippen molar-refractivity contribution in [3.05, 3.63) is 76.4 Å². The molecule has 1 unspecified atom stereocenters. The molecule has 2 aromatic carbocycles. The normalized spacial score (nSPS) is 15.7. The molecule has 156 valence electrons. The van der Waals surface area contributed by atoms with E-state index in [0.29, 0.717) is 30.5 Å². The molecule has 1 amide bonds. The van der Waals surface area contributed by atoms with Crippen LogP contribution < -0.4 is 5.32 Å². The van der Waals surface area contributed by atoms with Gasteiger partial charge in [0.05, 0.1) is 19.3 Å². The van der Waals surface area contributed by atoms with Gasteiger partial charge < -0.3 is 14.6 Å². The van der Waals surface area contributed by atoms with E-state index in [1.54, 1.807) is 18.2 Å². The SMILES string of the molecule is Cc1ccc(C(CNC(=O)c2cc(-c3ccc(Cl)cc3)on2)N2CCOCC2)cc1. The molecule has 2 heterocycles. The Balaban J connectivity index is 1.45. The van der Waals surface area contributed by atoms with Gasteiger partial charge in [-0.25, -0.2) is 0 Å². The summed E-state index contributed by atoms with van der Waals surface area (Å²) in [6, 6.07) is 17.4. The zero-order chi connectivity index (χ0) is 20.9. The minimum Gasteiger partial charge on any atom is -0.379 e. The first kappa shape index (κ1) is 20.6. The Kier molecular flexibility index (Phi) is 6.47. The quantitative estimate of drug-likeness (QED) is 0.643. The summed E-state index contributed by atoms with van der Waals surface area (Å²) in [5, 5.41) is 7.59. The summed E-state index contributed by atoms with van der Waals surface area (Å²) in [4.78, 5) is 15.1. The van der Waals surface area contributed by atoms with Gasteiger partial charge in [-0.3, -0.25) is 9.69 Å². The van der Waals surface area contributed by atoms with Gasteiger partial charge in [-0.1, -0.05) is 46.6 Å². The zero-order valence-corrected chi connectivity index (χ0v) is 17.6. The number of ether oxygens (including phenoxy) is 1. The number of carbonyl (C=O) groups is 1. The van der Waals surface area contributed by atoms with Crippen molar-refractivity contribution in [2.24, 2.45) is 0 Å². The van der Waals surface area contributed by atoms with E-state index in [1.807, 2.05) is 12.1 Å². The van der Waals surface area contributed by atoms with E-state index in [1.165, 1.54) is 11.1 Å². The van der Waals surface area contributed by atoms with Crippen LogP contribution in [-0.2, 0) is 4.74 Å². The van der Waals surface area contributed by atoms with Crippen molar-refractivity contribution in [3.63, 3.8) is 0 Å². The molecule has 0 radical (unpaired) electrons. The van der Waals surface area contributed by atoms with Crippen LogP contribution >= 0.6 is 11.6 Å². The third kappa shape index (κ3) is 4.90. The third-order valence-corrected chi connectivity index (χ3v) is 5.53. The highest BCUT2D eigenvalue weighted by Gasteiger charge is 2.24. The van der Waals surface area contributed by atoms with Crippen molar-refractivity contribution in [2.75, 3.05) is 32.8 Å². The van der Waals surface area contributed by atoms with Gasteiger partial charge in [-0.2, -0.15) is 0 Å². The maximum atomic E-state index is 12.7. The fourth-order valence-electron chi connectivity index (χ4n) is 3.55. The van der Waals surface area contributed by atoms with Crippen LogP contribution in [0.4, 0.5) is 0 Å². The Labute approximate surface area is 180 Å². The summed E-state index contributed by atoms with van der Waals surface area (Å²) in [6.45, 7) is 5.61. The average Bonchev–Trinajstić information content (AvgIpc) is 3.27. The van der Waals surface area contributed by atoms with Crippen molar-refractivity contribution >= 4 is 17.5 Å². The van der Waals surface area contributed by atoms with Crippen molar-refractivity contribution < 1.29 is 14.1 Å². The molecule has 1 fully saturated rings. The molecule has 0 saturated carbocycles. The van der Waals surface area contributed by atoms with Gasteiger partial charge in [-0.15, -0.1) is 0 Å². The maximum absolute atomic E-state index is 12.7. The topological polar surface area (TPSA) is 67.6 Å². The maximum Gasteiger partial charge on any atom is 0.273 e. The van der Waals surface area contributed by atoms with Gasteiger partial charge >= 0.3 is 0 Å². The van der Waals surface area contributed by atoms with Crippen LogP contribution in [0, 0.1) is 6.92 Å². The predicted octanol–water partition coefficient (Wildman–Crippen LogP) is 4.11. The van der Waals surface area contributed by atoms with E-state index >= 15 is 0 Å². The van der Waals surface area contributed by atoms with E-state index in [4.69, 9.17) is 20.9 Å². The van der Waals surface area contributed by atoms with Gasteiger partial charge in [0.25, 0.3) is 5.91 Å². The number of halogens is 1. The van der Waals surface area contributed by atoms with Crippen molar-refractivity contribution in [1.82, 2.24) is 15.4 Å². The van der Waals surface area contributed by atoms with Crippen LogP contribution in [0.5, 0.6) is 0 Å². The van der Waals surface area contributed by atoms with Gasteiger partial charge in [0.15, 0.2) is 11.5 Å². The number of benzene rings is 2. The molecule has 1 N–H and O–H groups in total.